The molecule has 0 saturated heterocycles. The first-order chi connectivity index (χ1) is 9.65. The van der Waals surface area contributed by atoms with E-state index in [4.69, 9.17) is 17.0 Å². The minimum atomic E-state index is 0.559. The predicted octanol–water partition coefficient (Wildman–Crippen LogP) is 4.76. The fourth-order valence-electron chi connectivity index (χ4n) is 2.72. The van der Waals surface area contributed by atoms with E-state index in [2.05, 4.69) is 50.2 Å². The van der Waals surface area contributed by atoms with E-state index >= 15 is 0 Å². The van der Waals surface area contributed by atoms with Crippen LogP contribution in [-0.4, -0.2) is 5.05 Å². The topological polar surface area (TPSA) is 9.23 Å². The summed E-state index contributed by atoms with van der Waals surface area (Å²) in [7, 11) is 0. The minimum absolute atomic E-state index is 0.559. The van der Waals surface area contributed by atoms with Crippen molar-refractivity contribution < 1.29 is 4.74 Å². The third-order valence-corrected chi connectivity index (χ3v) is 3.95. The lowest BCUT2D eigenvalue weighted by Crippen LogP contribution is -2.02. The molecule has 0 aromatic heterocycles. The first kappa shape index (κ1) is 13.3. The van der Waals surface area contributed by atoms with E-state index in [1.54, 1.807) is 0 Å². The van der Waals surface area contributed by atoms with Crippen LogP contribution in [0.4, 0.5) is 0 Å². The molecule has 0 spiro atoms. The van der Waals surface area contributed by atoms with Gasteiger partial charge in [0.05, 0.1) is 0 Å². The Balaban J connectivity index is 2.17. The van der Waals surface area contributed by atoms with Crippen LogP contribution in [0.3, 0.4) is 0 Å². The second-order valence-corrected chi connectivity index (χ2v) is 6.08. The van der Waals surface area contributed by atoms with Crippen LogP contribution in [0.5, 0.6) is 0 Å². The smallest absolute Gasteiger partial charge is 0.192 e. The summed E-state index contributed by atoms with van der Waals surface area (Å²) in [6.07, 6.45) is 1.09. The van der Waals surface area contributed by atoms with E-state index in [0.717, 1.165) is 12.0 Å². The van der Waals surface area contributed by atoms with Gasteiger partial charge in [-0.3, -0.25) is 0 Å². The molecule has 0 N–H and O–H groups in total. The van der Waals surface area contributed by atoms with Crippen molar-refractivity contribution in [3.05, 3.63) is 59.2 Å². The third kappa shape index (κ3) is 2.48. The Hall–Kier alpha value is -1.67. The van der Waals surface area contributed by atoms with Gasteiger partial charge in [-0.2, -0.15) is 0 Å². The molecule has 3 rings (SSSR count). The van der Waals surface area contributed by atoms with Crippen LogP contribution in [0.25, 0.3) is 11.1 Å². The van der Waals surface area contributed by atoms with Crippen LogP contribution in [0.1, 0.15) is 30.5 Å². The summed E-state index contributed by atoms with van der Waals surface area (Å²) < 4.78 is 5.71. The summed E-state index contributed by atoms with van der Waals surface area (Å²) in [5, 5.41) is 0.604. The van der Waals surface area contributed by atoms with E-state index in [1.165, 1.54) is 22.3 Å². The molecule has 2 aromatic rings. The minimum Gasteiger partial charge on any atom is -0.478 e. The quantitative estimate of drug-likeness (QED) is 0.735. The lowest BCUT2D eigenvalue weighted by molar-refractivity contribution is 0.304. The first-order valence-corrected chi connectivity index (χ1v) is 7.44. The van der Waals surface area contributed by atoms with Crippen molar-refractivity contribution in [2.75, 3.05) is 0 Å². The van der Waals surface area contributed by atoms with Gasteiger partial charge in [-0.25, -0.2) is 0 Å². The highest BCUT2D eigenvalue weighted by atomic mass is 32.1. The largest absolute Gasteiger partial charge is 0.478 e. The maximum absolute atomic E-state index is 5.71. The molecule has 0 aliphatic carbocycles. The van der Waals surface area contributed by atoms with Crippen molar-refractivity contribution >= 4 is 17.3 Å². The maximum atomic E-state index is 5.71. The van der Waals surface area contributed by atoms with Crippen LogP contribution in [0, 0.1) is 5.92 Å². The summed E-state index contributed by atoms with van der Waals surface area (Å²) in [6, 6.07) is 14.9. The molecular weight excluding hydrogens is 264 g/mol. The number of thiocarbonyl (C=S) groups is 1. The highest BCUT2D eigenvalue weighted by molar-refractivity contribution is 7.80. The van der Waals surface area contributed by atoms with Crippen LogP contribution < -0.4 is 0 Å². The fourth-order valence-corrected chi connectivity index (χ4v) is 2.96. The van der Waals surface area contributed by atoms with E-state index in [0.29, 0.717) is 17.6 Å². The number of hydrogen-bond acceptors (Lipinski definition) is 2. The molecule has 0 atom stereocenters. The molecule has 1 aliphatic heterocycles. The average Bonchev–Trinajstić information content (AvgIpc) is 2.57. The standard InChI is InChI=1S/C18H18OS/c1-12(2)9-13-7-8-16-17(10-13)15-6-4-3-5-14(15)11-19-18(16)20/h3-8,10,12H,9,11H2,1-2H3. The molecule has 2 aromatic carbocycles. The second kappa shape index (κ2) is 5.37. The van der Waals surface area contributed by atoms with Gasteiger partial charge in [-0.1, -0.05) is 50.2 Å². The number of benzene rings is 2. The lowest BCUT2D eigenvalue weighted by atomic mass is 9.92. The zero-order valence-corrected chi connectivity index (χ0v) is 12.7. The van der Waals surface area contributed by atoms with E-state index < -0.39 is 0 Å². The van der Waals surface area contributed by atoms with Crippen LogP contribution in [0.2, 0.25) is 0 Å². The Morgan fingerprint density at radius 2 is 1.85 bits per heavy atom. The molecule has 0 bridgehead atoms. The highest BCUT2D eigenvalue weighted by Crippen LogP contribution is 2.33. The summed E-state index contributed by atoms with van der Waals surface area (Å²) >= 11 is 5.40. The Morgan fingerprint density at radius 3 is 2.65 bits per heavy atom. The number of rotatable bonds is 2. The zero-order chi connectivity index (χ0) is 14.1. The molecule has 102 valence electrons. The Labute approximate surface area is 125 Å². The lowest BCUT2D eigenvalue weighted by Gasteiger charge is -2.11. The molecule has 1 nitrogen and oxygen atoms in total. The number of fused-ring (bicyclic) bond motifs is 3. The predicted molar refractivity (Wildman–Crippen MR) is 86.9 cm³/mol. The van der Waals surface area contributed by atoms with Crippen LogP contribution in [0.15, 0.2) is 42.5 Å². The van der Waals surface area contributed by atoms with Crippen molar-refractivity contribution in [2.24, 2.45) is 5.92 Å². The summed E-state index contributed by atoms with van der Waals surface area (Å²) in [4.78, 5) is 0. The van der Waals surface area contributed by atoms with E-state index in [1.807, 2.05) is 6.07 Å². The molecule has 0 saturated carbocycles. The van der Waals surface area contributed by atoms with Crippen LogP contribution >= 0.6 is 12.2 Å². The molecule has 20 heavy (non-hydrogen) atoms. The number of ether oxygens (including phenoxy) is 1. The SMILES string of the molecule is CC(C)Cc1ccc2c(c1)-c1ccccc1COC2=S. The highest BCUT2D eigenvalue weighted by Gasteiger charge is 2.18. The fraction of sp³-hybridized carbons (Fsp3) is 0.278. The van der Waals surface area contributed by atoms with E-state index in [-0.39, 0.29) is 0 Å². The second-order valence-electron chi connectivity index (χ2n) is 5.71. The van der Waals surface area contributed by atoms with Gasteiger partial charge in [-0.15, -0.1) is 0 Å². The molecule has 0 fully saturated rings. The summed E-state index contributed by atoms with van der Waals surface area (Å²) in [5.41, 5.74) is 6.06. The van der Waals surface area contributed by atoms with Gasteiger partial charge in [0.15, 0.2) is 5.05 Å². The summed E-state index contributed by atoms with van der Waals surface area (Å²) in [6.45, 7) is 5.05. The van der Waals surface area contributed by atoms with Crippen LogP contribution in [-0.2, 0) is 17.8 Å². The molecule has 0 unspecified atom stereocenters. The third-order valence-electron chi connectivity index (χ3n) is 3.61. The van der Waals surface area contributed by atoms with Crippen molar-refractivity contribution in [1.82, 2.24) is 0 Å². The van der Waals surface area contributed by atoms with Gasteiger partial charge in [-0.05, 0) is 52.9 Å². The van der Waals surface area contributed by atoms with Crippen molar-refractivity contribution in [1.29, 1.82) is 0 Å². The molecule has 1 aliphatic rings. The van der Waals surface area contributed by atoms with Gasteiger partial charge < -0.3 is 4.74 Å². The molecule has 1 heterocycles. The van der Waals surface area contributed by atoms with Gasteiger partial charge in [0, 0.05) is 5.56 Å². The van der Waals surface area contributed by atoms with Crippen molar-refractivity contribution in [3.8, 4) is 11.1 Å². The Bertz CT molecular complexity index is 658. The first-order valence-electron chi connectivity index (χ1n) is 7.03. The zero-order valence-electron chi connectivity index (χ0n) is 11.8. The summed E-state index contributed by atoms with van der Waals surface area (Å²) in [5.74, 6) is 0.650. The monoisotopic (exact) mass is 282 g/mol. The van der Waals surface area contributed by atoms with E-state index in [9.17, 15) is 0 Å². The molecule has 0 amide bonds. The maximum Gasteiger partial charge on any atom is 0.192 e. The average molecular weight is 282 g/mol. The Morgan fingerprint density at radius 1 is 1.05 bits per heavy atom. The molecule has 2 heteroatoms. The van der Waals surface area contributed by atoms with Gasteiger partial charge in [0.1, 0.15) is 6.61 Å². The van der Waals surface area contributed by atoms with Crippen molar-refractivity contribution in [3.63, 3.8) is 0 Å². The van der Waals surface area contributed by atoms with Crippen molar-refractivity contribution in [2.45, 2.75) is 26.9 Å². The molecule has 0 radical (unpaired) electrons. The van der Waals surface area contributed by atoms with Gasteiger partial charge in [0.25, 0.3) is 0 Å². The van der Waals surface area contributed by atoms with Gasteiger partial charge in [0.2, 0.25) is 0 Å². The normalized spacial score (nSPS) is 13.4. The van der Waals surface area contributed by atoms with Gasteiger partial charge >= 0.3 is 0 Å². The number of hydrogen-bond donors (Lipinski definition) is 0. The molecular formula is C18H18OS. The Kier molecular flexibility index (Phi) is 3.58.